The lowest BCUT2D eigenvalue weighted by atomic mass is 10.2. The molecule has 1 aromatic carbocycles. The zero-order valence-electron chi connectivity index (χ0n) is 12.2. The summed E-state index contributed by atoms with van der Waals surface area (Å²) in [6, 6.07) is 10.1. The minimum atomic E-state index is 0.788. The summed E-state index contributed by atoms with van der Waals surface area (Å²) in [5.41, 5.74) is 2.26. The topological polar surface area (TPSA) is 53.1 Å². The van der Waals surface area contributed by atoms with Gasteiger partial charge in [0.15, 0.2) is 0 Å². The first-order valence-corrected chi connectivity index (χ1v) is 6.68. The number of anilines is 3. The molecule has 1 aromatic heterocycles. The van der Waals surface area contributed by atoms with E-state index in [2.05, 4.69) is 44.6 Å². The van der Waals surface area contributed by atoms with Gasteiger partial charge in [-0.15, -0.1) is 0 Å². The molecule has 2 N–H and O–H groups in total. The smallest absolute Gasteiger partial charge is 0.135 e. The van der Waals surface area contributed by atoms with Gasteiger partial charge in [0.2, 0.25) is 0 Å². The van der Waals surface area contributed by atoms with E-state index in [1.807, 2.05) is 32.3 Å². The Bertz CT molecular complexity index is 536. The second-order valence-electron chi connectivity index (χ2n) is 5.01. The van der Waals surface area contributed by atoms with Crippen molar-refractivity contribution in [1.29, 1.82) is 0 Å². The van der Waals surface area contributed by atoms with Crippen LogP contribution in [0.4, 0.5) is 17.3 Å². The molecule has 0 bridgehead atoms. The Morgan fingerprint density at radius 1 is 1.05 bits per heavy atom. The molecule has 0 radical (unpaired) electrons. The fraction of sp³-hybridized carbons (Fsp3) is 0.333. The molecular weight excluding hydrogens is 250 g/mol. The van der Waals surface area contributed by atoms with E-state index >= 15 is 0 Å². The molecule has 0 amide bonds. The molecule has 0 saturated carbocycles. The Kier molecular flexibility index (Phi) is 4.90. The first-order chi connectivity index (χ1) is 9.63. The first-order valence-electron chi connectivity index (χ1n) is 6.68. The average molecular weight is 271 g/mol. The fourth-order valence-corrected chi connectivity index (χ4v) is 1.71. The first kappa shape index (κ1) is 14.3. The number of aryl methyl sites for hydroxylation is 1. The van der Waals surface area contributed by atoms with Crippen LogP contribution in [-0.4, -0.2) is 42.1 Å². The van der Waals surface area contributed by atoms with Crippen molar-refractivity contribution in [3.63, 3.8) is 0 Å². The number of hydrogen-bond donors (Lipinski definition) is 2. The quantitative estimate of drug-likeness (QED) is 0.845. The van der Waals surface area contributed by atoms with Gasteiger partial charge in [-0.1, -0.05) is 17.7 Å². The van der Waals surface area contributed by atoms with E-state index in [9.17, 15) is 0 Å². The van der Waals surface area contributed by atoms with Gasteiger partial charge in [0.25, 0.3) is 0 Å². The van der Waals surface area contributed by atoms with E-state index < -0.39 is 0 Å². The Balaban J connectivity index is 1.96. The summed E-state index contributed by atoms with van der Waals surface area (Å²) in [4.78, 5) is 10.6. The second-order valence-corrected chi connectivity index (χ2v) is 5.01. The van der Waals surface area contributed by atoms with Gasteiger partial charge >= 0.3 is 0 Å². The third kappa shape index (κ3) is 4.51. The average Bonchev–Trinajstić information content (AvgIpc) is 2.41. The lowest BCUT2D eigenvalue weighted by Crippen LogP contribution is -2.21. The van der Waals surface area contributed by atoms with Crippen LogP contribution in [0.1, 0.15) is 5.56 Å². The third-order valence-corrected chi connectivity index (χ3v) is 2.86. The van der Waals surface area contributed by atoms with Crippen molar-refractivity contribution in [2.75, 3.05) is 37.8 Å². The maximum atomic E-state index is 4.23. The highest BCUT2D eigenvalue weighted by atomic mass is 15.1. The van der Waals surface area contributed by atoms with Crippen LogP contribution >= 0.6 is 0 Å². The van der Waals surface area contributed by atoms with E-state index in [-0.39, 0.29) is 0 Å². The monoisotopic (exact) mass is 271 g/mol. The van der Waals surface area contributed by atoms with Crippen LogP contribution in [0.5, 0.6) is 0 Å². The van der Waals surface area contributed by atoms with E-state index in [0.717, 1.165) is 30.4 Å². The second kappa shape index (κ2) is 6.86. The Hall–Kier alpha value is -2.14. The van der Waals surface area contributed by atoms with Crippen LogP contribution in [0.2, 0.25) is 0 Å². The number of likely N-dealkylation sites (N-methyl/N-ethyl adjacent to an activating group) is 1. The summed E-state index contributed by atoms with van der Waals surface area (Å²) in [6.45, 7) is 3.89. The van der Waals surface area contributed by atoms with Crippen molar-refractivity contribution < 1.29 is 0 Å². The molecule has 0 spiro atoms. The van der Waals surface area contributed by atoms with Gasteiger partial charge in [-0.3, -0.25) is 0 Å². The predicted molar refractivity (Wildman–Crippen MR) is 83.5 cm³/mol. The molecule has 5 heteroatoms. The minimum Gasteiger partial charge on any atom is -0.369 e. The lowest BCUT2D eigenvalue weighted by molar-refractivity contribution is 0.425. The molecule has 0 saturated heterocycles. The maximum absolute atomic E-state index is 4.23. The fourth-order valence-electron chi connectivity index (χ4n) is 1.71. The third-order valence-electron chi connectivity index (χ3n) is 2.86. The van der Waals surface area contributed by atoms with Crippen molar-refractivity contribution >= 4 is 17.3 Å². The van der Waals surface area contributed by atoms with Gasteiger partial charge in [0.05, 0.1) is 0 Å². The molecule has 5 nitrogen and oxygen atoms in total. The van der Waals surface area contributed by atoms with Gasteiger partial charge in [0.1, 0.15) is 18.0 Å². The SMILES string of the molecule is Cc1ccc(Nc2cc(NCCN(C)C)ncn2)cc1. The molecule has 106 valence electrons. The Morgan fingerprint density at radius 3 is 2.45 bits per heavy atom. The molecule has 20 heavy (non-hydrogen) atoms. The zero-order chi connectivity index (χ0) is 14.4. The summed E-state index contributed by atoms with van der Waals surface area (Å²) in [6.07, 6.45) is 1.56. The van der Waals surface area contributed by atoms with Gasteiger partial charge < -0.3 is 15.5 Å². The molecule has 0 aliphatic carbocycles. The van der Waals surface area contributed by atoms with Crippen LogP contribution in [0.3, 0.4) is 0 Å². The van der Waals surface area contributed by atoms with Crippen molar-refractivity contribution in [3.8, 4) is 0 Å². The molecule has 1 heterocycles. The molecule has 0 unspecified atom stereocenters. The number of nitrogens with one attached hydrogen (secondary N) is 2. The van der Waals surface area contributed by atoms with Crippen LogP contribution in [0.25, 0.3) is 0 Å². The molecule has 2 rings (SSSR count). The largest absolute Gasteiger partial charge is 0.369 e. The highest BCUT2D eigenvalue weighted by Gasteiger charge is 1.99. The van der Waals surface area contributed by atoms with Crippen LogP contribution < -0.4 is 10.6 Å². The zero-order valence-corrected chi connectivity index (χ0v) is 12.2. The van der Waals surface area contributed by atoms with E-state index in [4.69, 9.17) is 0 Å². The van der Waals surface area contributed by atoms with Gasteiger partial charge in [0, 0.05) is 24.8 Å². The highest BCUT2D eigenvalue weighted by molar-refractivity contribution is 5.58. The summed E-state index contributed by atoms with van der Waals surface area (Å²) in [5.74, 6) is 1.62. The van der Waals surface area contributed by atoms with Crippen LogP contribution in [-0.2, 0) is 0 Å². The van der Waals surface area contributed by atoms with E-state index in [0.29, 0.717) is 0 Å². The maximum Gasteiger partial charge on any atom is 0.135 e. The number of nitrogens with zero attached hydrogens (tertiary/aromatic N) is 3. The molecule has 0 fully saturated rings. The summed E-state index contributed by atoms with van der Waals surface area (Å²) in [7, 11) is 4.10. The normalized spacial score (nSPS) is 10.6. The summed E-state index contributed by atoms with van der Waals surface area (Å²) >= 11 is 0. The van der Waals surface area contributed by atoms with Crippen LogP contribution in [0, 0.1) is 6.92 Å². The lowest BCUT2D eigenvalue weighted by Gasteiger charge is -2.11. The van der Waals surface area contributed by atoms with Crippen molar-refractivity contribution in [1.82, 2.24) is 14.9 Å². The summed E-state index contributed by atoms with van der Waals surface area (Å²) < 4.78 is 0. The molecule has 0 atom stereocenters. The van der Waals surface area contributed by atoms with E-state index in [1.54, 1.807) is 6.33 Å². The van der Waals surface area contributed by atoms with E-state index in [1.165, 1.54) is 5.56 Å². The number of aromatic nitrogens is 2. The highest BCUT2D eigenvalue weighted by Crippen LogP contribution is 2.16. The van der Waals surface area contributed by atoms with Gasteiger partial charge in [-0.05, 0) is 33.2 Å². The Labute approximate surface area is 120 Å². The van der Waals surface area contributed by atoms with Crippen molar-refractivity contribution in [3.05, 3.63) is 42.2 Å². The summed E-state index contributed by atoms with van der Waals surface area (Å²) in [5, 5.41) is 6.55. The van der Waals surface area contributed by atoms with Crippen molar-refractivity contribution in [2.24, 2.45) is 0 Å². The van der Waals surface area contributed by atoms with Gasteiger partial charge in [-0.25, -0.2) is 9.97 Å². The van der Waals surface area contributed by atoms with Crippen molar-refractivity contribution in [2.45, 2.75) is 6.92 Å². The minimum absolute atomic E-state index is 0.788. The Morgan fingerprint density at radius 2 is 1.75 bits per heavy atom. The standard InChI is InChI=1S/C15H21N5/c1-12-4-6-13(7-5-12)19-15-10-14(17-11-18-15)16-8-9-20(2)3/h4-7,10-11H,8-9H2,1-3H3,(H2,16,17,18,19). The number of benzene rings is 1. The molecule has 2 aromatic rings. The number of rotatable bonds is 6. The van der Waals surface area contributed by atoms with Gasteiger partial charge in [-0.2, -0.15) is 0 Å². The molecule has 0 aliphatic heterocycles. The van der Waals surface area contributed by atoms with Crippen LogP contribution in [0.15, 0.2) is 36.7 Å². The number of hydrogen-bond acceptors (Lipinski definition) is 5. The predicted octanol–water partition coefficient (Wildman–Crippen LogP) is 2.50. The molecule has 0 aliphatic rings. The molecular formula is C15H21N5.